The number of hydrazine groups is 1. The fourth-order valence-electron chi connectivity index (χ4n) is 2.06. The number of rotatable bonds is 6. The number of amides is 1. The molecule has 8 heteroatoms. The summed E-state index contributed by atoms with van der Waals surface area (Å²) in [6.45, 7) is 2.12. The van der Waals surface area contributed by atoms with E-state index in [9.17, 15) is 4.79 Å². The van der Waals surface area contributed by atoms with E-state index in [2.05, 4.69) is 16.2 Å². The van der Waals surface area contributed by atoms with Crippen molar-refractivity contribution in [1.29, 1.82) is 5.26 Å². The Labute approximate surface area is 163 Å². The molecule has 0 fully saturated rings. The second-order valence-corrected chi connectivity index (χ2v) is 5.95. The van der Waals surface area contributed by atoms with Crippen molar-refractivity contribution < 1.29 is 14.3 Å². The quantitative estimate of drug-likeness (QED) is 0.518. The zero-order valence-corrected chi connectivity index (χ0v) is 15.8. The minimum Gasteiger partial charge on any atom is -0.497 e. The zero-order chi connectivity index (χ0) is 19.6. The molecule has 0 aliphatic carbocycles. The highest BCUT2D eigenvalue weighted by Gasteiger charge is 2.14. The molecule has 140 valence electrons. The third-order valence-corrected chi connectivity index (χ3v) is 3.82. The number of nitriles is 1. The van der Waals surface area contributed by atoms with E-state index in [4.69, 9.17) is 27.0 Å². The van der Waals surface area contributed by atoms with Gasteiger partial charge in [0.2, 0.25) is 0 Å². The lowest BCUT2D eigenvalue weighted by molar-refractivity contribution is -0.127. The van der Waals surface area contributed by atoms with Crippen LogP contribution in [-0.4, -0.2) is 24.2 Å². The second kappa shape index (κ2) is 9.99. The first kappa shape index (κ1) is 20.0. The van der Waals surface area contributed by atoms with Gasteiger partial charge in [0.05, 0.1) is 18.7 Å². The van der Waals surface area contributed by atoms with E-state index >= 15 is 0 Å². The molecule has 0 spiro atoms. The van der Waals surface area contributed by atoms with E-state index in [-0.39, 0.29) is 11.0 Å². The van der Waals surface area contributed by atoms with Crippen LogP contribution >= 0.6 is 12.2 Å². The monoisotopic (exact) mass is 384 g/mol. The summed E-state index contributed by atoms with van der Waals surface area (Å²) < 4.78 is 10.6. The molecule has 2 aromatic rings. The Kier molecular flexibility index (Phi) is 7.40. The SMILES string of the molecule is COc1ccc(CNC(=S)NNC(=O)[C@H](C)Oc2ccc(C#N)cc2)cc1. The van der Waals surface area contributed by atoms with Crippen molar-refractivity contribution in [2.24, 2.45) is 0 Å². The number of hydrogen-bond donors (Lipinski definition) is 3. The lowest BCUT2D eigenvalue weighted by Crippen LogP contribution is -2.50. The number of thiocarbonyl (C=S) groups is 1. The largest absolute Gasteiger partial charge is 0.497 e. The summed E-state index contributed by atoms with van der Waals surface area (Å²) >= 11 is 5.13. The maximum absolute atomic E-state index is 12.1. The summed E-state index contributed by atoms with van der Waals surface area (Å²) in [6.07, 6.45) is -0.741. The summed E-state index contributed by atoms with van der Waals surface area (Å²) in [7, 11) is 1.61. The van der Waals surface area contributed by atoms with E-state index in [1.165, 1.54) is 0 Å². The van der Waals surface area contributed by atoms with Gasteiger partial charge >= 0.3 is 0 Å². The molecule has 1 atom stereocenters. The van der Waals surface area contributed by atoms with Crippen molar-refractivity contribution in [3.05, 3.63) is 59.7 Å². The smallest absolute Gasteiger partial charge is 0.279 e. The van der Waals surface area contributed by atoms with Crippen molar-refractivity contribution in [2.45, 2.75) is 19.6 Å². The van der Waals surface area contributed by atoms with Gasteiger partial charge in [0.1, 0.15) is 11.5 Å². The molecule has 1 amide bonds. The van der Waals surface area contributed by atoms with Crippen LogP contribution in [0.25, 0.3) is 0 Å². The van der Waals surface area contributed by atoms with Crippen LogP contribution in [0.5, 0.6) is 11.5 Å². The fraction of sp³-hybridized carbons (Fsp3) is 0.211. The molecule has 0 aromatic heterocycles. The van der Waals surface area contributed by atoms with Crippen LogP contribution in [0.4, 0.5) is 0 Å². The van der Waals surface area contributed by atoms with Gasteiger partial charge in [-0.2, -0.15) is 5.26 Å². The van der Waals surface area contributed by atoms with Crippen LogP contribution in [-0.2, 0) is 11.3 Å². The summed E-state index contributed by atoms with van der Waals surface area (Å²) in [5.41, 5.74) is 6.66. The Bertz CT molecular complexity index is 816. The summed E-state index contributed by atoms with van der Waals surface area (Å²) in [4.78, 5) is 12.1. The highest BCUT2D eigenvalue weighted by atomic mass is 32.1. The third kappa shape index (κ3) is 6.49. The summed E-state index contributed by atoms with van der Waals surface area (Å²) in [5.74, 6) is 0.896. The molecule has 0 radical (unpaired) electrons. The van der Waals surface area contributed by atoms with Gasteiger partial charge in [-0.3, -0.25) is 15.6 Å². The van der Waals surface area contributed by atoms with Gasteiger partial charge in [0, 0.05) is 6.54 Å². The minimum atomic E-state index is -0.741. The van der Waals surface area contributed by atoms with Crippen LogP contribution < -0.4 is 25.6 Å². The Morgan fingerprint density at radius 3 is 2.33 bits per heavy atom. The van der Waals surface area contributed by atoms with Gasteiger partial charge in [-0.1, -0.05) is 12.1 Å². The van der Waals surface area contributed by atoms with Gasteiger partial charge < -0.3 is 14.8 Å². The molecule has 3 N–H and O–H groups in total. The molecule has 7 nitrogen and oxygen atoms in total. The standard InChI is InChI=1S/C19H20N4O3S/c1-13(26-17-9-3-14(11-20)4-10-17)18(24)22-23-19(27)21-12-15-5-7-16(25-2)8-6-15/h3-10,13H,12H2,1-2H3,(H,22,24)(H2,21,23,27)/t13-/m0/s1. The van der Waals surface area contributed by atoms with E-state index in [1.807, 2.05) is 30.3 Å². The lowest BCUT2D eigenvalue weighted by atomic mass is 10.2. The maximum Gasteiger partial charge on any atom is 0.279 e. The molecular formula is C19H20N4O3S. The Morgan fingerprint density at radius 2 is 1.74 bits per heavy atom. The van der Waals surface area contributed by atoms with E-state index in [1.54, 1.807) is 38.3 Å². The number of carbonyl (C=O) groups excluding carboxylic acids is 1. The zero-order valence-electron chi connectivity index (χ0n) is 15.0. The van der Waals surface area contributed by atoms with Crippen molar-refractivity contribution in [3.8, 4) is 17.6 Å². The molecule has 2 rings (SSSR count). The first-order chi connectivity index (χ1) is 13.0. The van der Waals surface area contributed by atoms with Gasteiger partial charge in [-0.05, 0) is 61.1 Å². The molecule has 0 aliphatic rings. The predicted octanol–water partition coefficient (Wildman–Crippen LogP) is 2.03. The third-order valence-electron chi connectivity index (χ3n) is 3.58. The van der Waals surface area contributed by atoms with E-state index in [0.717, 1.165) is 11.3 Å². The van der Waals surface area contributed by atoms with Crippen molar-refractivity contribution in [3.63, 3.8) is 0 Å². The fourth-order valence-corrected chi connectivity index (χ4v) is 2.18. The topological polar surface area (TPSA) is 95.4 Å². The molecule has 0 heterocycles. The highest BCUT2D eigenvalue weighted by molar-refractivity contribution is 7.80. The van der Waals surface area contributed by atoms with E-state index < -0.39 is 6.10 Å². The van der Waals surface area contributed by atoms with Crippen LogP contribution in [0.3, 0.4) is 0 Å². The second-order valence-electron chi connectivity index (χ2n) is 5.54. The van der Waals surface area contributed by atoms with Crippen LogP contribution in [0.15, 0.2) is 48.5 Å². The summed E-state index contributed by atoms with van der Waals surface area (Å²) in [5, 5.41) is 12.0. The van der Waals surface area contributed by atoms with Crippen molar-refractivity contribution in [1.82, 2.24) is 16.2 Å². The number of nitrogens with one attached hydrogen (secondary N) is 3. The summed E-state index contributed by atoms with van der Waals surface area (Å²) in [6, 6.07) is 16.1. The predicted molar refractivity (Wildman–Crippen MR) is 105 cm³/mol. The van der Waals surface area contributed by atoms with Crippen LogP contribution in [0, 0.1) is 11.3 Å². The molecule has 27 heavy (non-hydrogen) atoms. The van der Waals surface area contributed by atoms with Gasteiger partial charge in [0.15, 0.2) is 11.2 Å². The maximum atomic E-state index is 12.1. The minimum absolute atomic E-state index is 0.282. The molecule has 2 aromatic carbocycles. The highest BCUT2D eigenvalue weighted by Crippen LogP contribution is 2.13. The van der Waals surface area contributed by atoms with Gasteiger partial charge in [0.25, 0.3) is 5.91 Å². The van der Waals surface area contributed by atoms with Crippen molar-refractivity contribution in [2.75, 3.05) is 7.11 Å². The first-order valence-electron chi connectivity index (χ1n) is 8.15. The molecule has 0 saturated carbocycles. The molecule has 0 bridgehead atoms. The van der Waals surface area contributed by atoms with Gasteiger partial charge in [-0.25, -0.2) is 0 Å². The number of hydrogen-bond acceptors (Lipinski definition) is 5. The molecule has 0 aliphatic heterocycles. The Balaban J connectivity index is 1.72. The van der Waals surface area contributed by atoms with Crippen molar-refractivity contribution >= 4 is 23.2 Å². The Hall–Kier alpha value is -3.31. The number of benzene rings is 2. The van der Waals surface area contributed by atoms with Crippen LogP contribution in [0.2, 0.25) is 0 Å². The first-order valence-corrected chi connectivity index (χ1v) is 8.56. The van der Waals surface area contributed by atoms with E-state index in [0.29, 0.717) is 17.9 Å². The molecule has 0 unspecified atom stereocenters. The average Bonchev–Trinajstić information content (AvgIpc) is 2.71. The molecular weight excluding hydrogens is 364 g/mol. The Morgan fingerprint density at radius 1 is 1.11 bits per heavy atom. The normalized spacial score (nSPS) is 10.9. The van der Waals surface area contributed by atoms with Gasteiger partial charge in [-0.15, -0.1) is 0 Å². The van der Waals surface area contributed by atoms with Crippen LogP contribution in [0.1, 0.15) is 18.1 Å². The number of carbonyl (C=O) groups is 1. The average molecular weight is 384 g/mol. The number of methoxy groups -OCH3 is 1. The number of ether oxygens (including phenoxy) is 2. The number of nitrogens with zero attached hydrogens (tertiary/aromatic N) is 1. The molecule has 0 saturated heterocycles. The lowest BCUT2D eigenvalue weighted by Gasteiger charge is -2.16.